The van der Waals surface area contributed by atoms with Gasteiger partial charge in [-0.05, 0) is 58.3 Å². The molecule has 7 heteroatoms. The van der Waals surface area contributed by atoms with Crippen LogP contribution in [-0.4, -0.2) is 15.8 Å². The summed E-state index contributed by atoms with van der Waals surface area (Å²) < 4.78 is 0.837. The summed E-state index contributed by atoms with van der Waals surface area (Å²) in [5, 5.41) is 13.2. The van der Waals surface area contributed by atoms with E-state index in [1.54, 1.807) is 24.4 Å². The molecule has 0 unspecified atom stereocenters. The first kappa shape index (κ1) is 15.8. The Labute approximate surface area is 135 Å². The molecule has 0 aliphatic carbocycles. The van der Waals surface area contributed by atoms with Gasteiger partial charge in [-0.25, -0.2) is 4.98 Å². The first-order valence-corrected chi connectivity index (χ1v) is 7.10. The molecule has 112 valence electrons. The highest BCUT2D eigenvalue weighted by atomic mass is 79.9. The van der Waals surface area contributed by atoms with E-state index < -0.39 is 4.92 Å². The van der Waals surface area contributed by atoms with E-state index in [0.29, 0.717) is 11.4 Å². The molecule has 1 heterocycles. The molecule has 2 aromatic rings. The SMILES string of the molecule is Cc1cc(Br)cnc1NC(=O)/C=C/c1ccc([N+](=O)[O-])cc1. The Morgan fingerprint density at radius 3 is 2.64 bits per heavy atom. The van der Waals surface area contributed by atoms with Gasteiger partial charge in [0.25, 0.3) is 5.69 Å². The van der Waals surface area contributed by atoms with Gasteiger partial charge in [0, 0.05) is 28.9 Å². The molecule has 0 spiro atoms. The van der Waals surface area contributed by atoms with Crippen molar-refractivity contribution < 1.29 is 9.72 Å². The van der Waals surface area contributed by atoms with Crippen molar-refractivity contribution in [2.24, 2.45) is 0 Å². The minimum Gasteiger partial charge on any atom is -0.307 e. The Morgan fingerprint density at radius 1 is 1.36 bits per heavy atom. The molecule has 0 radical (unpaired) electrons. The smallest absolute Gasteiger partial charge is 0.269 e. The van der Waals surface area contributed by atoms with Crippen LogP contribution in [0.3, 0.4) is 0 Å². The van der Waals surface area contributed by atoms with Gasteiger partial charge < -0.3 is 5.32 Å². The lowest BCUT2D eigenvalue weighted by Gasteiger charge is -2.05. The summed E-state index contributed by atoms with van der Waals surface area (Å²) in [4.78, 5) is 26.0. The van der Waals surface area contributed by atoms with E-state index in [1.165, 1.54) is 18.2 Å². The summed E-state index contributed by atoms with van der Waals surface area (Å²) >= 11 is 3.30. The van der Waals surface area contributed by atoms with E-state index in [-0.39, 0.29) is 11.6 Å². The first-order chi connectivity index (χ1) is 10.5. The molecule has 0 atom stereocenters. The average Bonchev–Trinajstić information content (AvgIpc) is 2.48. The largest absolute Gasteiger partial charge is 0.307 e. The predicted octanol–water partition coefficient (Wildman–Crippen LogP) is 3.71. The molecule has 0 saturated heterocycles. The fourth-order valence-electron chi connectivity index (χ4n) is 1.71. The van der Waals surface area contributed by atoms with Crippen molar-refractivity contribution >= 4 is 39.4 Å². The van der Waals surface area contributed by atoms with Crippen LogP contribution in [0.25, 0.3) is 6.08 Å². The fourth-order valence-corrected chi connectivity index (χ4v) is 2.15. The second-order valence-electron chi connectivity index (χ2n) is 4.49. The molecular formula is C15H12BrN3O3. The van der Waals surface area contributed by atoms with Gasteiger partial charge in [-0.15, -0.1) is 0 Å². The molecule has 0 aliphatic heterocycles. The normalized spacial score (nSPS) is 10.6. The second-order valence-corrected chi connectivity index (χ2v) is 5.41. The number of carbonyl (C=O) groups excluding carboxylic acids is 1. The Bertz CT molecular complexity index is 742. The van der Waals surface area contributed by atoms with Crippen molar-refractivity contribution in [3.8, 4) is 0 Å². The summed E-state index contributed by atoms with van der Waals surface area (Å²) in [6, 6.07) is 7.77. The number of non-ortho nitro benzene ring substituents is 1. The molecule has 1 aromatic heterocycles. The molecule has 0 bridgehead atoms. The number of nitrogens with one attached hydrogen (secondary N) is 1. The van der Waals surface area contributed by atoms with Crippen LogP contribution < -0.4 is 5.32 Å². The summed E-state index contributed by atoms with van der Waals surface area (Å²) in [5.74, 6) is 0.165. The third-order valence-corrected chi connectivity index (χ3v) is 3.25. The van der Waals surface area contributed by atoms with Crippen LogP contribution in [0.1, 0.15) is 11.1 Å². The van der Waals surface area contributed by atoms with Crippen molar-refractivity contribution in [2.75, 3.05) is 5.32 Å². The first-order valence-electron chi connectivity index (χ1n) is 6.31. The van der Waals surface area contributed by atoms with E-state index in [4.69, 9.17) is 0 Å². The number of aryl methyl sites for hydroxylation is 1. The third kappa shape index (κ3) is 4.23. The zero-order chi connectivity index (χ0) is 16.1. The number of nitro groups is 1. The maximum atomic E-state index is 11.8. The molecule has 2 rings (SSSR count). The standard InChI is InChI=1S/C15H12BrN3O3/c1-10-8-12(16)9-17-15(10)18-14(20)7-4-11-2-5-13(6-3-11)19(21)22/h2-9H,1H3,(H,17,18,20)/b7-4+. The number of benzene rings is 1. The molecule has 22 heavy (non-hydrogen) atoms. The number of anilines is 1. The minimum absolute atomic E-state index is 0.0105. The van der Waals surface area contributed by atoms with Gasteiger partial charge in [-0.1, -0.05) is 0 Å². The number of halogens is 1. The van der Waals surface area contributed by atoms with Crippen LogP contribution in [-0.2, 0) is 4.79 Å². The summed E-state index contributed by atoms with van der Waals surface area (Å²) in [7, 11) is 0. The molecule has 1 amide bonds. The number of aromatic nitrogens is 1. The Kier molecular flexibility index (Phi) is 5.00. The Balaban J connectivity index is 2.03. The number of pyridine rings is 1. The second kappa shape index (κ2) is 6.95. The van der Waals surface area contributed by atoms with Crippen LogP contribution in [0.15, 0.2) is 47.1 Å². The molecule has 1 aromatic carbocycles. The van der Waals surface area contributed by atoms with E-state index in [1.807, 2.05) is 13.0 Å². The van der Waals surface area contributed by atoms with E-state index >= 15 is 0 Å². The van der Waals surface area contributed by atoms with Crippen molar-refractivity contribution in [1.82, 2.24) is 4.98 Å². The third-order valence-electron chi connectivity index (χ3n) is 2.82. The van der Waals surface area contributed by atoms with E-state index in [2.05, 4.69) is 26.2 Å². The molecule has 0 aliphatic rings. The maximum Gasteiger partial charge on any atom is 0.269 e. The number of carbonyl (C=O) groups is 1. The van der Waals surface area contributed by atoms with Gasteiger partial charge >= 0.3 is 0 Å². The predicted molar refractivity (Wildman–Crippen MR) is 87.4 cm³/mol. The van der Waals surface area contributed by atoms with Crippen LogP contribution in [0.5, 0.6) is 0 Å². The Morgan fingerprint density at radius 2 is 2.05 bits per heavy atom. The van der Waals surface area contributed by atoms with Gasteiger partial charge in [-0.3, -0.25) is 14.9 Å². The zero-order valence-electron chi connectivity index (χ0n) is 11.6. The highest BCUT2D eigenvalue weighted by Crippen LogP contribution is 2.17. The Hall–Kier alpha value is -2.54. The van der Waals surface area contributed by atoms with Gasteiger partial charge in [0.15, 0.2) is 0 Å². The summed E-state index contributed by atoms with van der Waals surface area (Å²) in [6.07, 6.45) is 4.53. The highest BCUT2D eigenvalue weighted by molar-refractivity contribution is 9.10. The molecule has 1 N–H and O–H groups in total. The summed E-state index contributed by atoms with van der Waals surface area (Å²) in [6.45, 7) is 1.84. The zero-order valence-corrected chi connectivity index (χ0v) is 13.2. The quantitative estimate of drug-likeness (QED) is 0.510. The maximum absolute atomic E-state index is 11.8. The van der Waals surface area contributed by atoms with Crippen LogP contribution in [0.4, 0.5) is 11.5 Å². The van der Waals surface area contributed by atoms with Crippen molar-refractivity contribution in [3.63, 3.8) is 0 Å². The molecular weight excluding hydrogens is 350 g/mol. The number of amides is 1. The average molecular weight is 362 g/mol. The van der Waals surface area contributed by atoms with E-state index in [9.17, 15) is 14.9 Å². The van der Waals surface area contributed by atoms with Gasteiger partial charge in [0.2, 0.25) is 5.91 Å². The monoisotopic (exact) mass is 361 g/mol. The van der Waals surface area contributed by atoms with Gasteiger partial charge in [0.1, 0.15) is 5.82 Å². The van der Waals surface area contributed by atoms with Crippen molar-refractivity contribution in [3.05, 3.63) is 68.3 Å². The molecule has 0 saturated carbocycles. The highest BCUT2D eigenvalue weighted by Gasteiger charge is 2.05. The molecule has 6 nitrogen and oxygen atoms in total. The lowest BCUT2D eigenvalue weighted by Crippen LogP contribution is -2.10. The van der Waals surface area contributed by atoms with Crippen LogP contribution in [0.2, 0.25) is 0 Å². The lowest BCUT2D eigenvalue weighted by atomic mass is 10.2. The van der Waals surface area contributed by atoms with Crippen LogP contribution >= 0.6 is 15.9 Å². The van der Waals surface area contributed by atoms with Gasteiger partial charge in [-0.2, -0.15) is 0 Å². The number of hydrogen-bond donors (Lipinski definition) is 1. The topological polar surface area (TPSA) is 85.1 Å². The molecule has 0 fully saturated rings. The van der Waals surface area contributed by atoms with Crippen molar-refractivity contribution in [1.29, 1.82) is 0 Å². The number of nitrogens with zero attached hydrogens (tertiary/aromatic N) is 2. The fraction of sp³-hybridized carbons (Fsp3) is 0.0667. The summed E-state index contributed by atoms with van der Waals surface area (Å²) in [5.41, 5.74) is 1.55. The van der Waals surface area contributed by atoms with Crippen molar-refractivity contribution in [2.45, 2.75) is 6.92 Å². The number of hydrogen-bond acceptors (Lipinski definition) is 4. The van der Waals surface area contributed by atoms with E-state index in [0.717, 1.165) is 10.0 Å². The number of rotatable bonds is 4. The minimum atomic E-state index is -0.470. The lowest BCUT2D eigenvalue weighted by molar-refractivity contribution is -0.384. The number of nitro benzene ring substituents is 1. The van der Waals surface area contributed by atoms with Crippen LogP contribution in [0, 0.1) is 17.0 Å². The van der Waals surface area contributed by atoms with Gasteiger partial charge in [0.05, 0.1) is 4.92 Å².